The lowest BCUT2D eigenvalue weighted by atomic mass is 9.86. The van der Waals surface area contributed by atoms with Crippen molar-refractivity contribution in [2.75, 3.05) is 33.0 Å². The summed E-state index contributed by atoms with van der Waals surface area (Å²) in [7, 11) is -2.06. The van der Waals surface area contributed by atoms with E-state index in [4.69, 9.17) is 28.7 Å². The van der Waals surface area contributed by atoms with E-state index >= 15 is 0 Å². The minimum absolute atomic E-state index is 0.0740. The average molecular weight is 689 g/mol. The number of aliphatic hydroxyl groups excluding tert-OH is 4. The van der Waals surface area contributed by atoms with E-state index in [-0.39, 0.29) is 11.4 Å². The summed E-state index contributed by atoms with van der Waals surface area (Å²) in [5, 5.41) is 61.9. The molecule has 2 aliphatic heterocycles. The highest BCUT2D eigenvalue weighted by Gasteiger charge is 2.73. The zero-order valence-electron chi connectivity index (χ0n) is 23.4. The van der Waals surface area contributed by atoms with E-state index in [1.165, 1.54) is 19.5 Å². The van der Waals surface area contributed by atoms with E-state index in [1.54, 1.807) is 19.0 Å². The van der Waals surface area contributed by atoms with Crippen LogP contribution in [0.15, 0.2) is 17.0 Å². The van der Waals surface area contributed by atoms with Crippen molar-refractivity contribution < 1.29 is 71.9 Å². The second kappa shape index (κ2) is 11.7. The third kappa shape index (κ3) is 5.74. The van der Waals surface area contributed by atoms with Crippen LogP contribution in [-0.2, 0) is 32.0 Å². The van der Waals surface area contributed by atoms with Gasteiger partial charge >= 0.3 is 14.6 Å². The van der Waals surface area contributed by atoms with Crippen molar-refractivity contribution in [3.05, 3.63) is 18.2 Å². The quantitative estimate of drug-likeness (QED) is 0.0957. The maximum atomic E-state index is 13.0. The summed E-state index contributed by atoms with van der Waals surface area (Å²) in [4.78, 5) is 19.9. The zero-order chi connectivity index (χ0) is 32.6. The molecule has 13 atom stereocenters. The number of likely N-dealkylation sites (N-methyl/N-ethyl adjacent to an activating group) is 1. The van der Waals surface area contributed by atoms with Gasteiger partial charge in [-0.25, -0.2) is 19.1 Å². The molecule has 1 aliphatic carbocycles. The molecule has 0 bridgehead atoms. The van der Waals surface area contributed by atoms with Gasteiger partial charge in [0.1, 0.15) is 29.7 Å². The number of furan rings is 1. The minimum atomic E-state index is -5.36. The molecule has 8 unspecified atom stereocenters. The van der Waals surface area contributed by atoms with Crippen LogP contribution in [0.3, 0.4) is 0 Å². The second-order valence-electron chi connectivity index (χ2n) is 11.3. The standard InChI is InChI=1S/C22H34N4O15P2S/c1-21(31)17(26(2)3)10(38-18(21)8-5-36-16-13(8)24-7-25-19(16)23)6-37-43(35,44)41-42(33,34)40-20-12-15(30)14(29)11(9(28)4-27)22(12,32)39-20/h5,7,9-12,14-15,17-18,20,27-32H,4,6H2,1-3H3,(H,33,34)(H,35,44)(H2,23,24,25)/t9-,10+,11?,12?,14?,15?,17+,18-,20?,21+,22?,43?/m0/s1. The number of thiol groups is 1. The van der Waals surface area contributed by atoms with Gasteiger partial charge in [0, 0.05) is 5.56 Å². The van der Waals surface area contributed by atoms with Gasteiger partial charge in [-0.3, -0.25) is 9.05 Å². The number of phosphoric ester groups is 1. The summed E-state index contributed by atoms with van der Waals surface area (Å²) in [6.45, 7) is -4.69. The molecule has 19 nitrogen and oxygen atoms in total. The fourth-order valence-corrected chi connectivity index (χ4v) is 9.57. The highest BCUT2D eigenvalue weighted by atomic mass is 32.7. The fraction of sp³-hybridized carbons (Fsp3) is 0.727. The van der Waals surface area contributed by atoms with Gasteiger partial charge in [-0.1, -0.05) is 12.2 Å². The van der Waals surface area contributed by atoms with E-state index in [2.05, 4.69) is 26.5 Å². The summed E-state index contributed by atoms with van der Waals surface area (Å²) in [6.07, 6.45) is -6.71. The molecule has 1 saturated carbocycles. The van der Waals surface area contributed by atoms with E-state index < -0.39 is 93.9 Å². The SMILES string of the molecule is CN(C)[C@@H]1[C@@H](COP(=O)(S)OP(=O)(O)OC2OC3(O)C2C(O)C(O)C3[C@@H](O)CO)O[C@@H](c2coc3c(N)ncnc23)[C@]1(C)O. The Morgan fingerprint density at radius 3 is 2.55 bits per heavy atom. The maximum absolute atomic E-state index is 13.0. The normalized spacial score (nSPS) is 40.5. The lowest BCUT2D eigenvalue weighted by Gasteiger charge is -2.49. The first-order valence-electron chi connectivity index (χ1n) is 13.1. The zero-order valence-corrected chi connectivity index (χ0v) is 26.1. The first kappa shape index (κ1) is 34.1. The van der Waals surface area contributed by atoms with Gasteiger partial charge in [-0.2, -0.15) is 4.31 Å². The summed E-state index contributed by atoms with van der Waals surface area (Å²) in [6, 6.07) is -0.805. The number of fused-ring (bicyclic) bond motifs is 2. The monoisotopic (exact) mass is 688 g/mol. The number of hydrogen-bond acceptors (Lipinski definition) is 18. The molecule has 0 amide bonds. The number of aliphatic hydroxyl groups is 6. The molecule has 2 aromatic heterocycles. The second-order valence-corrected chi connectivity index (χ2v) is 15.7. The highest BCUT2D eigenvalue weighted by Crippen LogP contribution is 2.68. The van der Waals surface area contributed by atoms with Crippen LogP contribution in [0.5, 0.6) is 0 Å². The van der Waals surface area contributed by atoms with Gasteiger partial charge < -0.3 is 60.1 Å². The molecule has 248 valence electrons. The predicted molar refractivity (Wildman–Crippen MR) is 148 cm³/mol. The van der Waals surface area contributed by atoms with Crippen molar-refractivity contribution in [3.63, 3.8) is 0 Å². The van der Waals surface area contributed by atoms with E-state index in [0.29, 0.717) is 11.1 Å². The molecule has 3 aliphatic rings. The van der Waals surface area contributed by atoms with Crippen LogP contribution < -0.4 is 5.73 Å². The third-order valence-corrected chi connectivity index (χ3v) is 11.7. The van der Waals surface area contributed by atoms with Crippen molar-refractivity contribution in [3.8, 4) is 0 Å². The minimum Gasteiger partial charge on any atom is -0.458 e. The number of ether oxygens (including phenoxy) is 2. The number of nitrogens with zero attached hydrogens (tertiary/aromatic N) is 3. The summed E-state index contributed by atoms with van der Waals surface area (Å²) in [5.41, 5.74) is 5.06. The predicted octanol–water partition coefficient (Wildman–Crippen LogP) is -1.52. The Labute approximate surface area is 254 Å². The van der Waals surface area contributed by atoms with Crippen molar-refractivity contribution >= 4 is 43.8 Å². The van der Waals surface area contributed by atoms with E-state index in [9.17, 15) is 44.7 Å². The van der Waals surface area contributed by atoms with Crippen LogP contribution in [0.2, 0.25) is 0 Å². The Morgan fingerprint density at radius 1 is 1.23 bits per heavy atom. The van der Waals surface area contributed by atoms with Crippen LogP contribution in [0.1, 0.15) is 18.6 Å². The smallest absolute Gasteiger partial charge is 0.458 e. The molecular formula is C22H34N4O15P2S. The molecule has 2 aromatic rings. The third-order valence-electron chi connectivity index (χ3n) is 8.13. The van der Waals surface area contributed by atoms with Crippen LogP contribution in [0.4, 0.5) is 5.82 Å². The first-order valence-corrected chi connectivity index (χ1v) is 17.3. The highest BCUT2D eigenvalue weighted by molar-refractivity contribution is 8.45. The first-order chi connectivity index (χ1) is 20.3. The van der Waals surface area contributed by atoms with Gasteiger partial charge in [0.15, 0.2) is 23.5 Å². The number of rotatable bonds is 11. The molecule has 4 heterocycles. The Morgan fingerprint density at radius 2 is 1.91 bits per heavy atom. The molecule has 22 heteroatoms. The topological polar surface area (TPSA) is 290 Å². The summed E-state index contributed by atoms with van der Waals surface area (Å²) in [5.74, 6) is -5.48. The lowest BCUT2D eigenvalue weighted by molar-refractivity contribution is -0.427. The van der Waals surface area contributed by atoms with Crippen LogP contribution in [-0.4, -0.2) is 126 Å². The van der Waals surface area contributed by atoms with Crippen molar-refractivity contribution in [2.24, 2.45) is 11.8 Å². The largest absolute Gasteiger partial charge is 0.482 e. The lowest BCUT2D eigenvalue weighted by Crippen LogP contribution is -2.64. The Bertz CT molecular complexity index is 1480. The number of nitrogen functional groups attached to an aromatic ring is 1. The van der Waals surface area contributed by atoms with Crippen molar-refractivity contribution in [1.29, 1.82) is 0 Å². The Kier molecular flexibility index (Phi) is 9.09. The maximum Gasteiger partial charge on any atom is 0.482 e. The molecule has 44 heavy (non-hydrogen) atoms. The Balaban J connectivity index is 1.26. The molecule has 0 radical (unpaired) electrons. The fourth-order valence-electron chi connectivity index (χ4n) is 6.38. The van der Waals surface area contributed by atoms with Gasteiger partial charge in [0.2, 0.25) is 0 Å². The van der Waals surface area contributed by atoms with Gasteiger partial charge in [0.25, 0.3) is 0 Å². The molecule has 0 spiro atoms. The van der Waals surface area contributed by atoms with Crippen molar-refractivity contribution in [2.45, 2.75) is 61.2 Å². The number of aromatic nitrogens is 2. The van der Waals surface area contributed by atoms with E-state index in [0.717, 1.165) is 0 Å². The molecular weight excluding hydrogens is 654 g/mol. The van der Waals surface area contributed by atoms with Gasteiger partial charge in [-0.15, -0.1) is 0 Å². The van der Waals surface area contributed by atoms with Gasteiger partial charge in [-0.05, 0) is 21.0 Å². The van der Waals surface area contributed by atoms with Crippen LogP contribution in [0.25, 0.3) is 11.1 Å². The van der Waals surface area contributed by atoms with Gasteiger partial charge in [0.05, 0.1) is 55.7 Å². The Hall–Kier alpha value is -1.29. The molecule has 3 fully saturated rings. The van der Waals surface area contributed by atoms with E-state index in [1.807, 2.05) is 0 Å². The summed E-state index contributed by atoms with van der Waals surface area (Å²) >= 11 is 3.75. The van der Waals surface area contributed by atoms with Crippen LogP contribution in [0, 0.1) is 11.8 Å². The number of phosphoric acid groups is 1. The summed E-state index contributed by atoms with van der Waals surface area (Å²) < 4.78 is 57.1. The average Bonchev–Trinajstić information content (AvgIpc) is 3.48. The molecule has 9 N–H and O–H groups in total. The van der Waals surface area contributed by atoms with Crippen molar-refractivity contribution in [1.82, 2.24) is 14.9 Å². The molecule has 0 aromatic carbocycles. The number of hydrogen-bond donors (Lipinski definition) is 9. The number of anilines is 1. The molecule has 2 saturated heterocycles. The molecule has 5 rings (SSSR count). The van der Waals surface area contributed by atoms with Crippen LogP contribution >= 0.6 is 26.9 Å². The number of nitrogens with two attached hydrogens (primary N) is 1.